The van der Waals surface area contributed by atoms with E-state index in [1.54, 1.807) is 12.1 Å². The van der Waals surface area contributed by atoms with Crippen molar-refractivity contribution >= 4 is 5.97 Å². The van der Waals surface area contributed by atoms with E-state index >= 15 is 0 Å². The van der Waals surface area contributed by atoms with E-state index in [-0.39, 0.29) is 0 Å². The lowest BCUT2D eigenvalue weighted by Gasteiger charge is -2.13. The van der Waals surface area contributed by atoms with Gasteiger partial charge < -0.3 is 5.11 Å². The highest BCUT2D eigenvalue weighted by molar-refractivity contribution is 5.90. The summed E-state index contributed by atoms with van der Waals surface area (Å²) in [5.41, 5.74) is 6.91. The zero-order valence-corrected chi connectivity index (χ0v) is 14.7. The van der Waals surface area contributed by atoms with Gasteiger partial charge in [-0.25, -0.2) is 4.79 Å². The van der Waals surface area contributed by atoms with Crippen molar-refractivity contribution in [2.75, 3.05) is 0 Å². The molecule has 0 heterocycles. The maximum atomic E-state index is 11.2. The summed E-state index contributed by atoms with van der Waals surface area (Å²) in [6.07, 6.45) is 0. The van der Waals surface area contributed by atoms with E-state index in [2.05, 4.69) is 42.5 Å². The minimum Gasteiger partial charge on any atom is -0.478 e. The van der Waals surface area contributed by atoms with Crippen LogP contribution < -0.4 is 0 Å². The average Bonchev–Trinajstić information content (AvgIpc) is 2.74. The summed E-state index contributed by atoms with van der Waals surface area (Å²) in [5, 5.41) is 9.17. The van der Waals surface area contributed by atoms with Gasteiger partial charge in [0.1, 0.15) is 0 Å². The molecule has 0 bridgehead atoms. The number of aromatic carboxylic acids is 1. The molecule has 0 unspecified atom stereocenters. The van der Waals surface area contributed by atoms with Crippen LogP contribution in [0.3, 0.4) is 0 Å². The van der Waals surface area contributed by atoms with Crippen LogP contribution in [0.1, 0.15) is 10.4 Å². The zero-order chi connectivity index (χ0) is 18.6. The Bertz CT molecular complexity index is 1070. The number of carbonyl (C=O) groups is 1. The maximum absolute atomic E-state index is 11.2. The molecule has 0 saturated heterocycles. The molecule has 0 aromatic heterocycles. The molecule has 0 radical (unpaired) electrons. The first-order valence-electron chi connectivity index (χ1n) is 8.81. The summed E-state index contributed by atoms with van der Waals surface area (Å²) >= 11 is 0. The van der Waals surface area contributed by atoms with Crippen LogP contribution in [0.4, 0.5) is 0 Å². The molecule has 0 aliphatic rings. The van der Waals surface area contributed by atoms with Crippen LogP contribution in [0.2, 0.25) is 0 Å². The molecule has 130 valence electrons. The Morgan fingerprint density at radius 3 is 1.63 bits per heavy atom. The number of hydrogen-bond acceptors (Lipinski definition) is 1. The molecule has 4 aromatic rings. The Hall–Kier alpha value is -3.65. The van der Waals surface area contributed by atoms with Gasteiger partial charge in [-0.1, -0.05) is 84.9 Å². The fourth-order valence-corrected chi connectivity index (χ4v) is 3.26. The first-order valence-corrected chi connectivity index (χ1v) is 8.81. The van der Waals surface area contributed by atoms with Crippen LogP contribution in [0, 0.1) is 0 Å². The van der Waals surface area contributed by atoms with Crippen molar-refractivity contribution in [1.82, 2.24) is 0 Å². The predicted octanol–water partition coefficient (Wildman–Crippen LogP) is 6.39. The van der Waals surface area contributed by atoms with Crippen LogP contribution in [0.5, 0.6) is 0 Å². The first kappa shape index (κ1) is 16.8. The van der Waals surface area contributed by atoms with Gasteiger partial charge in [0.05, 0.1) is 5.56 Å². The topological polar surface area (TPSA) is 37.3 Å². The third kappa shape index (κ3) is 3.51. The lowest BCUT2D eigenvalue weighted by Crippen LogP contribution is -1.95. The van der Waals surface area contributed by atoms with Gasteiger partial charge >= 0.3 is 5.97 Å². The van der Waals surface area contributed by atoms with Gasteiger partial charge in [-0.05, 0) is 51.6 Å². The highest BCUT2D eigenvalue weighted by Gasteiger charge is 2.11. The Morgan fingerprint density at radius 1 is 0.519 bits per heavy atom. The third-order valence-electron chi connectivity index (χ3n) is 4.65. The maximum Gasteiger partial charge on any atom is 0.335 e. The van der Waals surface area contributed by atoms with E-state index < -0.39 is 5.97 Å². The minimum atomic E-state index is -0.914. The Morgan fingerprint density at radius 2 is 1.04 bits per heavy atom. The lowest BCUT2D eigenvalue weighted by atomic mass is 9.91. The molecule has 27 heavy (non-hydrogen) atoms. The third-order valence-corrected chi connectivity index (χ3v) is 4.65. The number of hydrogen-bond donors (Lipinski definition) is 1. The van der Waals surface area contributed by atoms with E-state index in [1.807, 2.05) is 48.5 Å². The molecule has 4 rings (SSSR count). The molecule has 0 amide bonds. The predicted molar refractivity (Wildman–Crippen MR) is 110 cm³/mol. The van der Waals surface area contributed by atoms with Crippen molar-refractivity contribution in [2.24, 2.45) is 0 Å². The van der Waals surface area contributed by atoms with Crippen LogP contribution >= 0.6 is 0 Å². The number of carboxylic acids is 1. The van der Waals surface area contributed by atoms with Gasteiger partial charge in [0, 0.05) is 0 Å². The summed E-state index contributed by atoms with van der Waals surface area (Å²) < 4.78 is 0. The second-order valence-corrected chi connectivity index (χ2v) is 6.37. The van der Waals surface area contributed by atoms with E-state index in [9.17, 15) is 9.90 Å². The molecule has 2 nitrogen and oxygen atoms in total. The SMILES string of the molecule is O=C(O)c1ccc(-c2cc(-c3ccccc3)ccc2-c2ccccc2)cc1. The highest BCUT2D eigenvalue weighted by atomic mass is 16.4. The quantitative estimate of drug-likeness (QED) is 0.463. The van der Waals surface area contributed by atoms with Crippen molar-refractivity contribution < 1.29 is 9.90 Å². The molecule has 0 saturated carbocycles. The first-order chi connectivity index (χ1) is 13.2. The summed E-state index contributed by atoms with van der Waals surface area (Å²) in [7, 11) is 0. The van der Waals surface area contributed by atoms with Crippen LogP contribution in [-0.2, 0) is 0 Å². The monoisotopic (exact) mass is 350 g/mol. The molecule has 0 aliphatic carbocycles. The molecule has 0 spiro atoms. The van der Waals surface area contributed by atoms with Gasteiger partial charge in [0.15, 0.2) is 0 Å². The van der Waals surface area contributed by atoms with E-state index in [0.29, 0.717) is 5.56 Å². The standard InChI is InChI=1S/C25H18O2/c26-25(27)21-13-11-20(12-14-21)24-17-22(18-7-3-1-4-8-18)15-16-23(24)19-9-5-2-6-10-19/h1-17H,(H,26,27). The van der Waals surface area contributed by atoms with E-state index in [0.717, 1.165) is 33.4 Å². The summed E-state index contributed by atoms with van der Waals surface area (Å²) in [6.45, 7) is 0. The molecular weight excluding hydrogens is 332 g/mol. The second kappa shape index (κ2) is 7.30. The molecule has 4 aromatic carbocycles. The number of benzene rings is 4. The van der Waals surface area contributed by atoms with Crippen molar-refractivity contribution in [2.45, 2.75) is 0 Å². The molecule has 2 heteroatoms. The van der Waals surface area contributed by atoms with Crippen LogP contribution in [0.15, 0.2) is 103 Å². The van der Waals surface area contributed by atoms with Gasteiger partial charge in [0.25, 0.3) is 0 Å². The normalized spacial score (nSPS) is 10.5. The fourth-order valence-electron chi connectivity index (χ4n) is 3.26. The molecule has 0 atom stereocenters. The summed E-state index contributed by atoms with van der Waals surface area (Å²) in [4.78, 5) is 11.2. The number of rotatable bonds is 4. The zero-order valence-electron chi connectivity index (χ0n) is 14.7. The van der Waals surface area contributed by atoms with Crippen LogP contribution in [0.25, 0.3) is 33.4 Å². The minimum absolute atomic E-state index is 0.291. The Labute approximate surface area is 158 Å². The van der Waals surface area contributed by atoms with Gasteiger partial charge in [-0.2, -0.15) is 0 Å². The molecule has 0 aliphatic heterocycles. The Kier molecular flexibility index (Phi) is 4.54. The Balaban J connectivity index is 1.89. The van der Waals surface area contributed by atoms with E-state index in [4.69, 9.17) is 0 Å². The smallest absolute Gasteiger partial charge is 0.335 e. The van der Waals surface area contributed by atoms with Gasteiger partial charge in [-0.3, -0.25) is 0 Å². The molecule has 0 fully saturated rings. The molecule has 1 N–H and O–H groups in total. The van der Waals surface area contributed by atoms with Gasteiger partial charge in [-0.15, -0.1) is 0 Å². The van der Waals surface area contributed by atoms with Crippen molar-refractivity contribution in [3.05, 3.63) is 109 Å². The highest BCUT2D eigenvalue weighted by Crippen LogP contribution is 2.35. The second-order valence-electron chi connectivity index (χ2n) is 6.37. The van der Waals surface area contributed by atoms with Crippen LogP contribution in [-0.4, -0.2) is 11.1 Å². The largest absolute Gasteiger partial charge is 0.478 e. The average molecular weight is 350 g/mol. The molecular formula is C25H18O2. The fraction of sp³-hybridized carbons (Fsp3) is 0. The lowest BCUT2D eigenvalue weighted by molar-refractivity contribution is 0.0697. The van der Waals surface area contributed by atoms with Gasteiger partial charge in [0.2, 0.25) is 0 Å². The number of carboxylic acid groups (broad SMARTS) is 1. The van der Waals surface area contributed by atoms with Crippen molar-refractivity contribution in [3.8, 4) is 33.4 Å². The van der Waals surface area contributed by atoms with Crippen molar-refractivity contribution in [3.63, 3.8) is 0 Å². The summed E-state index contributed by atoms with van der Waals surface area (Å²) in [6, 6.07) is 34.0. The van der Waals surface area contributed by atoms with E-state index in [1.165, 1.54) is 0 Å². The van der Waals surface area contributed by atoms with Crippen molar-refractivity contribution in [1.29, 1.82) is 0 Å². The summed E-state index contributed by atoms with van der Waals surface area (Å²) in [5.74, 6) is -0.914.